The molecule has 0 aliphatic rings. The molecule has 1 aromatic rings. The molecule has 0 amide bonds. The Bertz CT molecular complexity index is 298. The number of hydrogen-bond donors (Lipinski definition) is 0. The zero-order chi connectivity index (χ0) is 12.7. The average Bonchev–Trinajstić information content (AvgIpc) is 2.37. The van der Waals surface area contributed by atoms with E-state index in [4.69, 9.17) is 4.43 Å². The summed E-state index contributed by atoms with van der Waals surface area (Å²) in [4.78, 5) is 0. The van der Waals surface area contributed by atoms with Crippen molar-refractivity contribution in [3.63, 3.8) is 0 Å². The molecule has 2 heteroatoms. The summed E-state index contributed by atoms with van der Waals surface area (Å²) in [5, 5.41) is 0. The normalized spacial score (nSPS) is 13.6. The zero-order valence-electron chi connectivity index (χ0n) is 11.7. The average molecular weight is 250 g/mol. The molecule has 0 aromatic heterocycles. The van der Waals surface area contributed by atoms with E-state index in [0.717, 1.165) is 6.42 Å². The highest BCUT2D eigenvalue weighted by molar-refractivity contribution is 6.73. The molecule has 0 radical (unpaired) electrons. The van der Waals surface area contributed by atoms with Crippen LogP contribution < -0.4 is 0 Å². The van der Waals surface area contributed by atoms with E-state index in [9.17, 15) is 0 Å². The molecule has 96 valence electrons. The fourth-order valence-corrected chi connectivity index (χ4v) is 5.35. The fourth-order valence-electron chi connectivity index (χ4n) is 2.41. The maximum Gasteiger partial charge on any atom is 0.192 e. The summed E-state index contributed by atoms with van der Waals surface area (Å²) in [6, 6.07) is 14.4. The van der Waals surface area contributed by atoms with Gasteiger partial charge in [0.25, 0.3) is 0 Å². The predicted molar refractivity (Wildman–Crippen MR) is 77.9 cm³/mol. The smallest absolute Gasteiger partial charge is 0.192 e. The molecular formula is C15H26OSi. The Balaban J connectivity index is 2.56. The second-order valence-electron chi connectivity index (χ2n) is 4.86. The topological polar surface area (TPSA) is 9.23 Å². The number of rotatable bonds is 7. The van der Waals surface area contributed by atoms with E-state index >= 15 is 0 Å². The third kappa shape index (κ3) is 4.28. The van der Waals surface area contributed by atoms with Crippen LogP contribution in [0.4, 0.5) is 0 Å². The molecule has 0 aliphatic carbocycles. The van der Waals surface area contributed by atoms with Crippen molar-refractivity contribution in [2.24, 2.45) is 0 Å². The van der Waals surface area contributed by atoms with Crippen molar-refractivity contribution < 1.29 is 4.43 Å². The van der Waals surface area contributed by atoms with E-state index in [1.807, 2.05) is 0 Å². The molecule has 0 heterocycles. The highest BCUT2D eigenvalue weighted by Gasteiger charge is 2.30. The molecule has 0 bridgehead atoms. The lowest BCUT2D eigenvalue weighted by Gasteiger charge is -2.31. The predicted octanol–water partition coefficient (Wildman–Crippen LogP) is 4.64. The molecule has 1 nitrogen and oxygen atoms in total. The highest BCUT2D eigenvalue weighted by Crippen LogP contribution is 2.24. The molecule has 0 saturated heterocycles. The molecule has 0 aliphatic heterocycles. The maximum atomic E-state index is 6.43. The first-order valence-corrected chi connectivity index (χ1v) is 9.40. The molecular weight excluding hydrogens is 224 g/mol. The molecule has 1 aromatic carbocycles. The molecule has 1 unspecified atom stereocenters. The minimum Gasteiger partial charge on any atom is -0.414 e. The van der Waals surface area contributed by atoms with Crippen LogP contribution in [0, 0.1) is 0 Å². The Labute approximate surface area is 107 Å². The van der Waals surface area contributed by atoms with Crippen LogP contribution in [0.5, 0.6) is 0 Å². The lowest BCUT2D eigenvalue weighted by atomic mass is 10.1. The summed E-state index contributed by atoms with van der Waals surface area (Å²) >= 11 is 0. The highest BCUT2D eigenvalue weighted by atomic mass is 28.4. The molecule has 1 atom stereocenters. The molecule has 0 fully saturated rings. The zero-order valence-corrected chi connectivity index (χ0v) is 12.7. The van der Waals surface area contributed by atoms with Gasteiger partial charge in [0.05, 0.1) is 0 Å². The van der Waals surface area contributed by atoms with E-state index in [2.05, 4.69) is 58.0 Å². The third-order valence-electron chi connectivity index (χ3n) is 3.75. The van der Waals surface area contributed by atoms with Gasteiger partial charge in [-0.25, -0.2) is 0 Å². The second kappa shape index (κ2) is 6.97. The van der Waals surface area contributed by atoms with Crippen LogP contribution in [0.1, 0.15) is 33.3 Å². The van der Waals surface area contributed by atoms with Gasteiger partial charge in [-0.15, -0.1) is 0 Å². The Kier molecular flexibility index (Phi) is 5.93. The van der Waals surface area contributed by atoms with Gasteiger partial charge >= 0.3 is 0 Å². The first kappa shape index (κ1) is 14.5. The van der Waals surface area contributed by atoms with Crippen molar-refractivity contribution >= 4 is 8.32 Å². The van der Waals surface area contributed by atoms with Gasteiger partial charge < -0.3 is 4.43 Å². The Morgan fingerprint density at radius 2 is 1.53 bits per heavy atom. The van der Waals surface area contributed by atoms with E-state index in [0.29, 0.717) is 6.10 Å². The van der Waals surface area contributed by atoms with E-state index in [1.165, 1.54) is 23.7 Å². The fraction of sp³-hybridized carbons (Fsp3) is 0.600. The standard InChI is InChI=1S/C15H26OSi/c1-5-17(6-2,7-3)16-14(4)13-15-11-9-8-10-12-15/h8-12,14H,5-7,13H2,1-4H3. The summed E-state index contributed by atoms with van der Waals surface area (Å²) in [7, 11) is -1.43. The van der Waals surface area contributed by atoms with Gasteiger partial charge in [0, 0.05) is 6.10 Å². The van der Waals surface area contributed by atoms with Gasteiger partial charge in [-0.1, -0.05) is 51.1 Å². The summed E-state index contributed by atoms with van der Waals surface area (Å²) in [6.45, 7) is 9.08. The van der Waals surface area contributed by atoms with Crippen molar-refractivity contribution in [1.82, 2.24) is 0 Å². The monoisotopic (exact) mass is 250 g/mol. The Morgan fingerprint density at radius 1 is 1.00 bits per heavy atom. The van der Waals surface area contributed by atoms with Crippen LogP contribution in [0.15, 0.2) is 30.3 Å². The molecule has 0 saturated carbocycles. The first-order chi connectivity index (χ1) is 8.15. The second-order valence-corrected chi connectivity index (χ2v) is 9.58. The van der Waals surface area contributed by atoms with E-state index in [-0.39, 0.29) is 0 Å². The molecule has 0 N–H and O–H groups in total. The van der Waals surface area contributed by atoms with Crippen molar-refractivity contribution in [2.45, 2.75) is 58.4 Å². The van der Waals surface area contributed by atoms with Crippen LogP contribution in [0.3, 0.4) is 0 Å². The molecule has 1 rings (SSSR count). The largest absolute Gasteiger partial charge is 0.414 e. The van der Waals surface area contributed by atoms with Crippen LogP contribution in [-0.4, -0.2) is 14.4 Å². The lowest BCUT2D eigenvalue weighted by molar-refractivity contribution is 0.206. The molecule has 17 heavy (non-hydrogen) atoms. The SMILES string of the molecule is CC[Si](CC)(CC)OC(C)Cc1ccccc1. The maximum absolute atomic E-state index is 6.43. The summed E-state index contributed by atoms with van der Waals surface area (Å²) in [5.74, 6) is 0. The third-order valence-corrected chi connectivity index (χ3v) is 8.52. The summed E-state index contributed by atoms with van der Waals surface area (Å²) in [5.41, 5.74) is 1.38. The van der Waals surface area contributed by atoms with Crippen LogP contribution >= 0.6 is 0 Å². The van der Waals surface area contributed by atoms with Gasteiger partial charge in [0.1, 0.15) is 0 Å². The minimum atomic E-state index is -1.43. The van der Waals surface area contributed by atoms with Gasteiger partial charge in [-0.2, -0.15) is 0 Å². The van der Waals surface area contributed by atoms with Gasteiger partial charge in [-0.05, 0) is 37.0 Å². The Hall–Kier alpha value is -0.603. The van der Waals surface area contributed by atoms with Crippen molar-refractivity contribution in [3.8, 4) is 0 Å². The van der Waals surface area contributed by atoms with E-state index < -0.39 is 8.32 Å². The van der Waals surface area contributed by atoms with Crippen molar-refractivity contribution in [2.75, 3.05) is 0 Å². The first-order valence-electron chi connectivity index (χ1n) is 6.87. The lowest BCUT2D eigenvalue weighted by Crippen LogP contribution is -2.39. The van der Waals surface area contributed by atoms with Gasteiger partial charge in [-0.3, -0.25) is 0 Å². The number of benzene rings is 1. The minimum absolute atomic E-state index is 0.351. The van der Waals surface area contributed by atoms with Gasteiger partial charge in [0.15, 0.2) is 8.32 Å². The van der Waals surface area contributed by atoms with Crippen LogP contribution in [0.2, 0.25) is 18.1 Å². The van der Waals surface area contributed by atoms with Gasteiger partial charge in [0.2, 0.25) is 0 Å². The Morgan fingerprint density at radius 3 is 2.00 bits per heavy atom. The van der Waals surface area contributed by atoms with Crippen molar-refractivity contribution in [3.05, 3.63) is 35.9 Å². The van der Waals surface area contributed by atoms with E-state index in [1.54, 1.807) is 0 Å². The van der Waals surface area contributed by atoms with Crippen LogP contribution in [0.25, 0.3) is 0 Å². The molecule has 0 spiro atoms. The van der Waals surface area contributed by atoms with Crippen molar-refractivity contribution in [1.29, 1.82) is 0 Å². The quantitative estimate of drug-likeness (QED) is 0.641. The number of hydrogen-bond acceptors (Lipinski definition) is 1. The summed E-state index contributed by atoms with van der Waals surface area (Å²) in [6.07, 6.45) is 1.39. The summed E-state index contributed by atoms with van der Waals surface area (Å²) < 4.78 is 6.43. The van der Waals surface area contributed by atoms with Crippen LogP contribution in [-0.2, 0) is 10.8 Å².